The third kappa shape index (κ3) is 3.00. The molecule has 0 unspecified atom stereocenters. The third-order valence-electron chi connectivity index (χ3n) is 4.03. The molecule has 2 amide bonds. The molecule has 3 heterocycles. The van der Waals surface area contributed by atoms with Gasteiger partial charge in [0.05, 0.1) is 18.7 Å². The predicted molar refractivity (Wildman–Crippen MR) is 85.7 cm³/mol. The van der Waals surface area contributed by atoms with E-state index in [0.717, 1.165) is 0 Å². The summed E-state index contributed by atoms with van der Waals surface area (Å²) >= 11 is 0. The van der Waals surface area contributed by atoms with Crippen LogP contribution in [-0.2, 0) is 9.53 Å². The van der Waals surface area contributed by atoms with Crippen molar-refractivity contribution in [1.82, 2.24) is 24.8 Å². The van der Waals surface area contributed by atoms with Crippen LogP contribution in [0.2, 0.25) is 0 Å². The summed E-state index contributed by atoms with van der Waals surface area (Å²) in [6.07, 6.45) is 6.61. The monoisotopic (exact) mass is 329 g/mol. The molecular formula is C16H19N5O3. The second-order valence-electron chi connectivity index (χ2n) is 5.76. The van der Waals surface area contributed by atoms with Gasteiger partial charge in [0.1, 0.15) is 12.1 Å². The zero-order valence-corrected chi connectivity index (χ0v) is 13.6. The van der Waals surface area contributed by atoms with E-state index >= 15 is 0 Å². The van der Waals surface area contributed by atoms with Gasteiger partial charge < -0.3 is 15.0 Å². The Morgan fingerprint density at radius 3 is 2.83 bits per heavy atom. The third-order valence-corrected chi connectivity index (χ3v) is 4.03. The van der Waals surface area contributed by atoms with Crippen LogP contribution in [0.5, 0.6) is 0 Å². The number of imidazole rings is 1. The lowest BCUT2D eigenvalue weighted by atomic mass is 10.0. The topological polar surface area (TPSA) is 89.4 Å². The van der Waals surface area contributed by atoms with Gasteiger partial charge in [0.25, 0.3) is 11.8 Å². The zero-order valence-electron chi connectivity index (χ0n) is 13.6. The molecular weight excluding hydrogens is 310 g/mol. The lowest BCUT2D eigenvalue weighted by Gasteiger charge is -2.39. The maximum absolute atomic E-state index is 12.7. The van der Waals surface area contributed by atoms with Crippen LogP contribution in [0.1, 0.15) is 17.3 Å². The highest BCUT2D eigenvalue weighted by Gasteiger charge is 2.40. The maximum Gasteiger partial charge on any atom is 0.255 e. The number of likely N-dealkylation sites (N-methyl/N-ethyl adjacent to an activating group) is 1. The molecule has 1 atom stereocenters. The number of pyridine rings is 1. The number of nitrogens with one attached hydrogen (secondary N) is 1. The second-order valence-corrected chi connectivity index (χ2v) is 5.76. The van der Waals surface area contributed by atoms with Gasteiger partial charge in [-0.15, -0.1) is 0 Å². The van der Waals surface area contributed by atoms with Gasteiger partial charge in [-0.05, 0) is 19.1 Å². The highest BCUT2D eigenvalue weighted by Crippen LogP contribution is 2.20. The minimum atomic E-state index is -1.03. The van der Waals surface area contributed by atoms with Gasteiger partial charge in [-0.3, -0.25) is 14.2 Å². The van der Waals surface area contributed by atoms with Crippen molar-refractivity contribution in [1.29, 1.82) is 0 Å². The number of amides is 2. The van der Waals surface area contributed by atoms with Crippen molar-refractivity contribution < 1.29 is 14.3 Å². The molecule has 0 bridgehead atoms. The fraction of sp³-hybridized carbons (Fsp3) is 0.375. The van der Waals surface area contributed by atoms with Gasteiger partial charge in [-0.2, -0.15) is 0 Å². The van der Waals surface area contributed by atoms with Crippen LogP contribution in [0.4, 0.5) is 0 Å². The Morgan fingerprint density at radius 2 is 2.21 bits per heavy atom. The largest absolute Gasteiger partial charge is 0.362 e. The van der Waals surface area contributed by atoms with E-state index in [9.17, 15) is 9.59 Å². The molecule has 126 valence electrons. The van der Waals surface area contributed by atoms with Crippen LogP contribution in [-0.4, -0.2) is 63.6 Å². The number of hydrogen-bond acceptors (Lipinski definition) is 5. The van der Waals surface area contributed by atoms with Crippen LogP contribution >= 0.6 is 0 Å². The zero-order chi connectivity index (χ0) is 17.2. The Labute approximate surface area is 139 Å². The fourth-order valence-corrected chi connectivity index (χ4v) is 2.69. The van der Waals surface area contributed by atoms with Gasteiger partial charge >= 0.3 is 0 Å². The predicted octanol–water partition coefficient (Wildman–Crippen LogP) is 0.244. The molecule has 1 aliphatic rings. The first-order valence-corrected chi connectivity index (χ1v) is 7.63. The molecule has 1 fully saturated rings. The minimum absolute atomic E-state index is 0.168. The normalized spacial score (nSPS) is 20.7. The number of morpholine rings is 1. The summed E-state index contributed by atoms with van der Waals surface area (Å²) in [5.41, 5.74) is -0.563. The Balaban J connectivity index is 1.75. The molecule has 1 N–H and O–H groups in total. The smallest absolute Gasteiger partial charge is 0.255 e. The van der Waals surface area contributed by atoms with Crippen molar-refractivity contribution in [3.63, 3.8) is 0 Å². The molecule has 2 aromatic heterocycles. The number of carbonyl (C=O) groups is 2. The molecule has 24 heavy (non-hydrogen) atoms. The first kappa shape index (κ1) is 16.1. The maximum atomic E-state index is 12.7. The average Bonchev–Trinajstić information content (AvgIpc) is 3.15. The Morgan fingerprint density at radius 1 is 1.38 bits per heavy atom. The average molecular weight is 329 g/mol. The van der Waals surface area contributed by atoms with Crippen LogP contribution in [0, 0.1) is 0 Å². The van der Waals surface area contributed by atoms with Gasteiger partial charge in [0, 0.05) is 32.2 Å². The van der Waals surface area contributed by atoms with E-state index in [2.05, 4.69) is 15.3 Å². The first-order valence-electron chi connectivity index (χ1n) is 7.63. The number of hydrogen-bond donors (Lipinski definition) is 1. The molecule has 0 radical (unpaired) electrons. The van der Waals surface area contributed by atoms with Crippen LogP contribution in [0.15, 0.2) is 37.1 Å². The van der Waals surface area contributed by atoms with E-state index < -0.39 is 5.60 Å². The van der Waals surface area contributed by atoms with E-state index in [1.807, 2.05) is 0 Å². The number of nitrogens with zero attached hydrogens (tertiary/aromatic N) is 4. The van der Waals surface area contributed by atoms with Crippen molar-refractivity contribution in [3.05, 3.63) is 42.6 Å². The first-order chi connectivity index (χ1) is 11.5. The summed E-state index contributed by atoms with van der Waals surface area (Å²) < 4.78 is 7.33. The highest BCUT2D eigenvalue weighted by molar-refractivity contribution is 5.95. The van der Waals surface area contributed by atoms with Gasteiger partial charge in [0.15, 0.2) is 5.60 Å². The summed E-state index contributed by atoms with van der Waals surface area (Å²) in [5.74, 6) is 0.271. The number of aromatic nitrogens is 3. The van der Waals surface area contributed by atoms with Crippen LogP contribution in [0.25, 0.3) is 5.82 Å². The summed E-state index contributed by atoms with van der Waals surface area (Å²) in [7, 11) is 1.55. The van der Waals surface area contributed by atoms with Crippen LogP contribution in [0.3, 0.4) is 0 Å². The van der Waals surface area contributed by atoms with Crippen LogP contribution < -0.4 is 5.32 Å². The Hall–Kier alpha value is -2.74. The van der Waals surface area contributed by atoms with E-state index in [4.69, 9.17) is 4.74 Å². The lowest BCUT2D eigenvalue weighted by molar-refractivity contribution is -0.153. The summed E-state index contributed by atoms with van der Waals surface area (Å²) in [6, 6.07) is 3.48. The van der Waals surface area contributed by atoms with E-state index in [1.165, 1.54) is 6.20 Å². The molecule has 0 aromatic carbocycles. The molecule has 0 spiro atoms. The Bertz CT molecular complexity index is 729. The van der Waals surface area contributed by atoms with E-state index in [1.54, 1.807) is 54.3 Å². The number of carbonyl (C=O) groups excluding carboxylic acids is 2. The molecule has 2 aromatic rings. The van der Waals surface area contributed by atoms with Crippen molar-refractivity contribution >= 4 is 11.8 Å². The van der Waals surface area contributed by atoms with Crippen molar-refractivity contribution in [3.8, 4) is 5.82 Å². The summed E-state index contributed by atoms with van der Waals surface area (Å²) in [5, 5.41) is 2.57. The minimum Gasteiger partial charge on any atom is -0.362 e. The molecule has 8 heteroatoms. The quantitative estimate of drug-likeness (QED) is 0.871. The van der Waals surface area contributed by atoms with Gasteiger partial charge in [-0.1, -0.05) is 0 Å². The molecule has 0 aliphatic carbocycles. The number of ether oxygens (including phenoxy) is 1. The van der Waals surface area contributed by atoms with Crippen molar-refractivity contribution in [2.24, 2.45) is 0 Å². The van der Waals surface area contributed by atoms with Crippen molar-refractivity contribution in [2.75, 3.05) is 26.7 Å². The van der Waals surface area contributed by atoms with E-state index in [-0.39, 0.29) is 18.4 Å². The molecule has 0 saturated carbocycles. The second kappa shape index (κ2) is 6.40. The lowest BCUT2D eigenvalue weighted by Crippen LogP contribution is -2.58. The van der Waals surface area contributed by atoms with Gasteiger partial charge in [-0.25, -0.2) is 9.97 Å². The summed E-state index contributed by atoms with van der Waals surface area (Å²) in [4.78, 5) is 34.5. The molecule has 3 rings (SSSR count). The Kier molecular flexibility index (Phi) is 4.30. The van der Waals surface area contributed by atoms with Gasteiger partial charge in [0.2, 0.25) is 0 Å². The molecule has 1 aliphatic heterocycles. The van der Waals surface area contributed by atoms with E-state index in [0.29, 0.717) is 24.5 Å². The summed E-state index contributed by atoms with van der Waals surface area (Å²) in [6.45, 7) is 2.64. The molecule has 8 nitrogen and oxygen atoms in total. The standard InChI is InChI=1S/C16H19N5O3/c1-16(15(23)17-2)10-20(7-8-24-16)14(22)12-3-4-13(19-9-12)21-6-5-18-11-21/h3-6,9,11H,7-8,10H2,1-2H3,(H,17,23)/t16-/m0/s1. The molecule has 1 saturated heterocycles. The highest BCUT2D eigenvalue weighted by atomic mass is 16.5. The SMILES string of the molecule is CNC(=O)[C@]1(C)CN(C(=O)c2ccc(-n3ccnc3)nc2)CCO1. The van der Waals surface area contributed by atoms with Crippen molar-refractivity contribution in [2.45, 2.75) is 12.5 Å². The fourth-order valence-electron chi connectivity index (χ4n) is 2.69. The number of rotatable bonds is 3.